The molecule has 5 rings (SSSR count). The van der Waals surface area contributed by atoms with Crippen LogP contribution in [0.15, 0.2) is 91.4 Å². The predicted octanol–water partition coefficient (Wildman–Crippen LogP) is 5.62. The van der Waals surface area contributed by atoms with Crippen LogP contribution in [-0.4, -0.2) is 34.1 Å². The number of aliphatic hydroxyl groups is 1. The summed E-state index contributed by atoms with van der Waals surface area (Å²) in [5.41, 5.74) is 7.30. The Balaban J connectivity index is 1.45. The molecule has 7 heteroatoms. The number of aromatic nitrogens is 2. The summed E-state index contributed by atoms with van der Waals surface area (Å²) < 4.78 is 0. The highest BCUT2D eigenvalue weighted by Gasteiger charge is 2.13. The fourth-order valence-electron chi connectivity index (χ4n) is 4.24. The van der Waals surface area contributed by atoms with Crippen LogP contribution in [-0.2, 0) is 0 Å². The Morgan fingerprint density at radius 3 is 2.62 bits per heavy atom. The Labute approximate surface area is 214 Å². The van der Waals surface area contributed by atoms with Crippen LogP contribution in [0.4, 0.5) is 11.4 Å². The fraction of sp³-hybridized carbons (Fsp3) is 0.100. The molecular weight excluding hydrogens is 462 g/mol. The Morgan fingerprint density at radius 2 is 1.81 bits per heavy atom. The van der Waals surface area contributed by atoms with Crippen LogP contribution in [0.5, 0.6) is 0 Å². The molecule has 2 heterocycles. The summed E-state index contributed by atoms with van der Waals surface area (Å²) in [6.07, 6.45) is 5.75. The van der Waals surface area contributed by atoms with Gasteiger partial charge >= 0.3 is 0 Å². The number of amides is 1. The molecule has 2 aromatic heterocycles. The van der Waals surface area contributed by atoms with Gasteiger partial charge in [-0.1, -0.05) is 30.3 Å². The number of benzene rings is 3. The second kappa shape index (κ2) is 10.8. The first-order valence-corrected chi connectivity index (χ1v) is 12.0. The van der Waals surface area contributed by atoms with Crippen molar-refractivity contribution < 1.29 is 9.90 Å². The fourth-order valence-corrected chi connectivity index (χ4v) is 4.24. The molecule has 0 aliphatic rings. The average Bonchev–Trinajstić information content (AvgIpc) is 3.41. The van der Waals surface area contributed by atoms with Gasteiger partial charge in [0.25, 0.3) is 5.91 Å². The molecule has 1 amide bonds. The van der Waals surface area contributed by atoms with E-state index in [1.807, 2.05) is 60.8 Å². The number of fused-ring (bicyclic) bond motifs is 1. The summed E-state index contributed by atoms with van der Waals surface area (Å²) in [6.45, 7) is 0.478. The molecule has 182 valence electrons. The van der Waals surface area contributed by atoms with E-state index in [9.17, 15) is 10.1 Å². The highest BCUT2D eigenvalue weighted by molar-refractivity contribution is 5.95. The molecule has 3 aromatic carbocycles. The van der Waals surface area contributed by atoms with E-state index < -0.39 is 0 Å². The van der Waals surface area contributed by atoms with Gasteiger partial charge in [0.15, 0.2) is 0 Å². The van der Waals surface area contributed by atoms with E-state index in [-0.39, 0.29) is 12.5 Å². The molecule has 0 radical (unpaired) electrons. The number of carbonyl (C=O) groups is 1. The van der Waals surface area contributed by atoms with Gasteiger partial charge in [-0.25, -0.2) is 0 Å². The van der Waals surface area contributed by atoms with Gasteiger partial charge in [0, 0.05) is 59.5 Å². The van der Waals surface area contributed by atoms with E-state index in [0.29, 0.717) is 29.8 Å². The highest BCUT2D eigenvalue weighted by atomic mass is 16.3. The van der Waals surface area contributed by atoms with Crippen LogP contribution in [0, 0.1) is 11.3 Å². The van der Waals surface area contributed by atoms with E-state index in [2.05, 4.69) is 32.7 Å². The topological polar surface area (TPSA) is 114 Å². The van der Waals surface area contributed by atoms with Crippen molar-refractivity contribution in [3.63, 3.8) is 0 Å². The number of H-pyrrole nitrogens is 1. The van der Waals surface area contributed by atoms with Crippen molar-refractivity contribution in [1.29, 1.82) is 5.26 Å². The van der Waals surface area contributed by atoms with Gasteiger partial charge in [-0.2, -0.15) is 5.26 Å². The summed E-state index contributed by atoms with van der Waals surface area (Å²) in [4.78, 5) is 19.8. The zero-order valence-corrected chi connectivity index (χ0v) is 20.0. The molecule has 0 unspecified atom stereocenters. The number of anilines is 2. The molecular formula is C30H25N5O2. The minimum Gasteiger partial charge on any atom is -0.396 e. The molecule has 0 atom stereocenters. The van der Waals surface area contributed by atoms with Crippen molar-refractivity contribution in [3.05, 3.63) is 103 Å². The monoisotopic (exact) mass is 487 g/mol. The third kappa shape index (κ3) is 5.20. The highest BCUT2D eigenvalue weighted by Crippen LogP contribution is 2.35. The summed E-state index contributed by atoms with van der Waals surface area (Å²) in [7, 11) is 0. The Morgan fingerprint density at radius 1 is 0.973 bits per heavy atom. The molecule has 7 nitrogen and oxygen atoms in total. The molecule has 0 spiro atoms. The lowest BCUT2D eigenvalue weighted by Crippen LogP contribution is -2.24. The second-order valence-electron chi connectivity index (χ2n) is 8.62. The number of aromatic amines is 1. The van der Waals surface area contributed by atoms with Crippen LogP contribution in [0.1, 0.15) is 22.3 Å². The van der Waals surface area contributed by atoms with Crippen molar-refractivity contribution in [2.24, 2.45) is 0 Å². The van der Waals surface area contributed by atoms with E-state index in [0.717, 1.165) is 38.8 Å². The number of nitriles is 1. The van der Waals surface area contributed by atoms with Gasteiger partial charge in [0.2, 0.25) is 0 Å². The van der Waals surface area contributed by atoms with E-state index in [1.165, 1.54) is 0 Å². The third-order valence-electron chi connectivity index (χ3n) is 6.16. The van der Waals surface area contributed by atoms with Gasteiger partial charge < -0.3 is 20.7 Å². The van der Waals surface area contributed by atoms with Crippen LogP contribution >= 0.6 is 0 Å². The molecule has 0 bridgehead atoms. The maximum atomic E-state index is 12.3. The molecule has 37 heavy (non-hydrogen) atoms. The van der Waals surface area contributed by atoms with Gasteiger partial charge in [-0.05, 0) is 65.6 Å². The maximum absolute atomic E-state index is 12.3. The number of nitrogens with one attached hydrogen (secondary N) is 3. The lowest BCUT2D eigenvalue weighted by molar-refractivity contribution is 0.0951. The Kier molecular flexibility index (Phi) is 6.93. The minimum atomic E-state index is -0.165. The molecule has 0 saturated heterocycles. The number of nitrogens with zero attached hydrogens (tertiary/aromatic N) is 2. The number of rotatable bonds is 8. The van der Waals surface area contributed by atoms with Crippen molar-refractivity contribution in [3.8, 4) is 28.3 Å². The van der Waals surface area contributed by atoms with Crippen molar-refractivity contribution in [2.45, 2.75) is 6.42 Å². The number of carbonyl (C=O) groups excluding carboxylic acids is 1. The number of hydrogen-bond acceptors (Lipinski definition) is 5. The largest absolute Gasteiger partial charge is 0.396 e. The van der Waals surface area contributed by atoms with E-state index in [1.54, 1.807) is 24.5 Å². The first-order valence-electron chi connectivity index (χ1n) is 12.0. The van der Waals surface area contributed by atoms with Crippen LogP contribution in [0.25, 0.3) is 33.2 Å². The molecule has 4 N–H and O–H groups in total. The first kappa shape index (κ1) is 23.8. The maximum Gasteiger partial charge on any atom is 0.251 e. The quantitative estimate of drug-likeness (QED) is 0.212. The lowest BCUT2D eigenvalue weighted by atomic mass is 9.97. The second-order valence-corrected chi connectivity index (χ2v) is 8.62. The van der Waals surface area contributed by atoms with Gasteiger partial charge in [0.05, 0.1) is 11.3 Å². The zero-order valence-electron chi connectivity index (χ0n) is 20.0. The molecule has 0 fully saturated rings. The van der Waals surface area contributed by atoms with Crippen molar-refractivity contribution >= 4 is 28.2 Å². The van der Waals surface area contributed by atoms with E-state index >= 15 is 0 Å². The normalized spacial score (nSPS) is 10.7. The minimum absolute atomic E-state index is 0.0434. The SMILES string of the molecule is N#Cc1cncc(-c2cccc(-c3ccc(C(=O)NCCCO)cc3)c2)c1Nc1ccc2[nH]ccc2c1. The summed E-state index contributed by atoms with van der Waals surface area (Å²) in [5, 5.41) is 26.0. The summed E-state index contributed by atoms with van der Waals surface area (Å²) >= 11 is 0. The molecule has 5 aromatic rings. The number of pyridine rings is 1. The van der Waals surface area contributed by atoms with Crippen LogP contribution in [0.2, 0.25) is 0 Å². The number of aliphatic hydroxyl groups excluding tert-OH is 1. The third-order valence-corrected chi connectivity index (χ3v) is 6.16. The molecule has 0 saturated carbocycles. The molecule has 0 aliphatic heterocycles. The van der Waals surface area contributed by atoms with Gasteiger partial charge in [-0.3, -0.25) is 9.78 Å². The van der Waals surface area contributed by atoms with Gasteiger partial charge in [-0.15, -0.1) is 0 Å². The average molecular weight is 488 g/mol. The van der Waals surface area contributed by atoms with Crippen LogP contribution < -0.4 is 10.6 Å². The zero-order chi connectivity index (χ0) is 25.6. The standard InChI is InChI=1S/C30H25N5O2/c31-17-25-18-32-19-27(29(25)35-26-9-10-28-24(16-26)11-13-33-28)23-4-1-3-22(15-23)20-5-7-21(8-6-20)30(37)34-12-2-14-36/h1,3-11,13,15-16,18-19,33,36H,2,12,14H2,(H,32,35)(H,34,37). The van der Waals surface area contributed by atoms with Crippen molar-refractivity contribution in [2.75, 3.05) is 18.5 Å². The summed E-state index contributed by atoms with van der Waals surface area (Å²) in [5.74, 6) is -0.165. The smallest absolute Gasteiger partial charge is 0.251 e. The van der Waals surface area contributed by atoms with E-state index in [4.69, 9.17) is 5.11 Å². The van der Waals surface area contributed by atoms with Gasteiger partial charge in [0.1, 0.15) is 6.07 Å². The van der Waals surface area contributed by atoms with Crippen LogP contribution in [0.3, 0.4) is 0 Å². The Hall–Kier alpha value is -4.93. The lowest BCUT2D eigenvalue weighted by Gasteiger charge is -2.15. The predicted molar refractivity (Wildman–Crippen MR) is 145 cm³/mol. The molecule has 0 aliphatic carbocycles. The summed E-state index contributed by atoms with van der Waals surface area (Å²) in [6, 6.07) is 25.7. The first-order chi connectivity index (χ1) is 18.2. The Bertz CT molecular complexity index is 1600. The van der Waals surface area contributed by atoms with Crippen molar-refractivity contribution in [1.82, 2.24) is 15.3 Å². The number of hydrogen-bond donors (Lipinski definition) is 4.